The van der Waals surface area contributed by atoms with Gasteiger partial charge in [0, 0.05) is 0 Å². The maximum absolute atomic E-state index is 2.33. The second-order valence-electron chi connectivity index (χ2n) is 4.53. The molecule has 1 aromatic carbocycles. The number of aryl methyl sites for hydroxylation is 1. The van der Waals surface area contributed by atoms with Gasteiger partial charge < -0.3 is 0 Å². The lowest BCUT2D eigenvalue weighted by molar-refractivity contribution is 0.856. The van der Waals surface area contributed by atoms with Crippen LogP contribution in [-0.4, -0.2) is 0 Å². The molecule has 15 heavy (non-hydrogen) atoms. The van der Waals surface area contributed by atoms with E-state index in [9.17, 15) is 0 Å². The van der Waals surface area contributed by atoms with Crippen LogP contribution in [0.4, 0.5) is 0 Å². The third-order valence-corrected chi connectivity index (χ3v) is 2.96. The number of hydrogen-bond acceptors (Lipinski definition) is 0. The summed E-state index contributed by atoms with van der Waals surface area (Å²) >= 11 is 0. The Morgan fingerprint density at radius 3 is 2.20 bits per heavy atom. The molecule has 0 fully saturated rings. The standard InChI is InChI=1S/C15H18/c1-11(2)15-10-14-8-6-4-5-7-13(14)9-12(15)3/h5-11H,4H2,1-3H3. The summed E-state index contributed by atoms with van der Waals surface area (Å²) in [7, 11) is 0. The van der Waals surface area contributed by atoms with Crippen LogP contribution in [0.1, 0.15) is 48.4 Å². The van der Waals surface area contributed by atoms with Crippen molar-refractivity contribution in [3.05, 3.63) is 46.5 Å². The Balaban J connectivity index is 2.57. The van der Waals surface area contributed by atoms with E-state index in [4.69, 9.17) is 0 Å². The first-order chi connectivity index (χ1) is 7.18. The van der Waals surface area contributed by atoms with Gasteiger partial charge in [-0.1, -0.05) is 50.3 Å². The molecule has 0 saturated carbocycles. The smallest absolute Gasteiger partial charge is 0.0162 e. The highest BCUT2D eigenvalue weighted by Crippen LogP contribution is 2.26. The molecule has 2 rings (SSSR count). The van der Waals surface area contributed by atoms with Gasteiger partial charge in [0.1, 0.15) is 0 Å². The third kappa shape index (κ3) is 2.04. The van der Waals surface area contributed by atoms with E-state index in [0.717, 1.165) is 6.42 Å². The molecule has 0 spiro atoms. The van der Waals surface area contributed by atoms with Crippen LogP contribution in [-0.2, 0) is 0 Å². The normalized spacial score (nSPS) is 14.1. The summed E-state index contributed by atoms with van der Waals surface area (Å²) < 4.78 is 0. The number of rotatable bonds is 1. The number of benzene rings is 1. The van der Waals surface area contributed by atoms with Crippen LogP contribution in [0.25, 0.3) is 12.2 Å². The van der Waals surface area contributed by atoms with Crippen molar-refractivity contribution in [1.29, 1.82) is 0 Å². The van der Waals surface area contributed by atoms with E-state index in [1.165, 1.54) is 22.3 Å². The number of allylic oxidation sites excluding steroid dienone is 2. The first kappa shape index (κ1) is 10.2. The van der Waals surface area contributed by atoms with E-state index in [1.807, 2.05) is 0 Å². The number of fused-ring (bicyclic) bond motifs is 1. The van der Waals surface area contributed by atoms with Crippen molar-refractivity contribution >= 4 is 12.2 Å². The zero-order chi connectivity index (χ0) is 10.8. The minimum absolute atomic E-state index is 0.607. The van der Waals surface area contributed by atoms with Gasteiger partial charge >= 0.3 is 0 Å². The van der Waals surface area contributed by atoms with E-state index in [-0.39, 0.29) is 0 Å². The molecular formula is C15H18. The Labute approximate surface area is 92.3 Å². The fourth-order valence-corrected chi connectivity index (χ4v) is 2.14. The molecule has 0 N–H and O–H groups in total. The van der Waals surface area contributed by atoms with E-state index in [2.05, 4.69) is 57.2 Å². The van der Waals surface area contributed by atoms with Crippen LogP contribution in [0, 0.1) is 6.92 Å². The minimum Gasteiger partial charge on any atom is -0.0801 e. The lowest BCUT2D eigenvalue weighted by Gasteiger charge is -2.13. The van der Waals surface area contributed by atoms with Crippen molar-refractivity contribution in [3.8, 4) is 0 Å². The van der Waals surface area contributed by atoms with Gasteiger partial charge in [-0.2, -0.15) is 0 Å². The maximum Gasteiger partial charge on any atom is -0.0162 e. The predicted molar refractivity (Wildman–Crippen MR) is 68.0 cm³/mol. The Morgan fingerprint density at radius 1 is 1.00 bits per heavy atom. The molecule has 0 heterocycles. The van der Waals surface area contributed by atoms with Crippen molar-refractivity contribution in [3.63, 3.8) is 0 Å². The molecule has 0 radical (unpaired) electrons. The average Bonchev–Trinajstić information content (AvgIpc) is 2.40. The third-order valence-electron chi connectivity index (χ3n) is 2.96. The highest BCUT2D eigenvalue weighted by Gasteiger charge is 2.07. The van der Waals surface area contributed by atoms with E-state index >= 15 is 0 Å². The Kier molecular flexibility index (Phi) is 2.77. The molecular weight excluding hydrogens is 180 g/mol. The molecule has 0 amide bonds. The SMILES string of the molecule is Cc1cc2c(cc1C(C)C)C=CCC=C2. The summed E-state index contributed by atoms with van der Waals surface area (Å²) in [5.41, 5.74) is 5.58. The van der Waals surface area contributed by atoms with Crippen LogP contribution in [0.2, 0.25) is 0 Å². The molecule has 0 heteroatoms. The van der Waals surface area contributed by atoms with Gasteiger partial charge in [0.25, 0.3) is 0 Å². The molecule has 0 bridgehead atoms. The van der Waals surface area contributed by atoms with Crippen LogP contribution in [0.3, 0.4) is 0 Å². The van der Waals surface area contributed by atoms with Crippen molar-refractivity contribution in [2.45, 2.75) is 33.1 Å². The Hall–Kier alpha value is -1.30. The van der Waals surface area contributed by atoms with E-state index in [1.54, 1.807) is 0 Å². The average molecular weight is 198 g/mol. The highest BCUT2D eigenvalue weighted by atomic mass is 14.1. The summed E-state index contributed by atoms with van der Waals surface area (Å²) in [4.78, 5) is 0. The fraction of sp³-hybridized carbons (Fsp3) is 0.333. The van der Waals surface area contributed by atoms with Gasteiger partial charge in [-0.25, -0.2) is 0 Å². The zero-order valence-corrected chi connectivity index (χ0v) is 9.75. The van der Waals surface area contributed by atoms with E-state index in [0.29, 0.717) is 5.92 Å². The van der Waals surface area contributed by atoms with Gasteiger partial charge in [0.05, 0.1) is 0 Å². The lowest BCUT2D eigenvalue weighted by atomic mass is 9.92. The molecule has 78 valence electrons. The van der Waals surface area contributed by atoms with Crippen molar-refractivity contribution in [1.82, 2.24) is 0 Å². The van der Waals surface area contributed by atoms with Gasteiger partial charge in [0.15, 0.2) is 0 Å². The van der Waals surface area contributed by atoms with Crippen molar-refractivity contribution in [2.24, 2.45) is 0 Å². The fourth-order valence-electron chi connectivity index (χ4n) is 2.14. The number of hydrogen-bond donors (Lipinski definition) is 0. The van der Waals surface area contributed by atoms with Crippen LogP contribution < -0.4 is 0 Å². The summed E-state index contributed by atoms with van der Waals surface area (Å²) in [6, 6.07) is 4.64. The molecule has 0 aliphatic heterocycles. The van der Waals surface area contributed by atoms with Gasteiger partial charge in [0.2, 0.25) is 0 Å². The summed E-state index contributed by atoms with van der Waals surface area (Å²) in [6.07, 6.45) is 9.95. The van der Waals surface area contributed by atoms with E-state index < -0.39 is 0 Å². The van der Waals surface area contributed by atoms with Crippen molar-refractivity contribution < 1.29 is 0 Å². The molecule has 0 nitrogen and oxygen atoms in total. The molecule has 1 aliphatic carbocycles. The lowest BCUT2D eigenvalue weighted by Crippen LogP contribution is -1.94. The van der Waals surface area contributed by atoms with Crippen LogP contribution in [0.15, 0.2) is 24.3 Å². The second kappa shape index (κ2) is 4.06. The molecule has 0 unspecified atom stereocenters. The maximum atomic E-state index is 2.33. The van der Waals surface area contributed by atoms with Crippen LogP contribution in [0.5, 0.6) is 0 Å². The van der Waals surface area contributed by atoms with Gasteiger partial charge in [-0.3, -0.25) is 0 Å². The topological polar surface area (TPSA) is 0 Å². The largest absolute Gasteiger partial charge is 0.0801 e. The predicted octanol–water partition coefficient (Wildman–Crippen LogP) is 4.55. The molecule has 1 aliphatic rings. The summed E-state index contributed by atoms with van der Waals surface area (Å²) in [6.45, 7) is 6.72. The second-order valence-corrected chi connectivity index (χ2v) is 4.53. The Morgan fingerprint density at radius 2 is 1.60 bits per heavy atom. The van der Waals surface area contributed by atoms with Gasteiger partial charge in [-0.15, -0.1) is 0 Å². The zero-order valence-electron chi connectivity index (χ0n) is 9.75. The highest BCUT2D eigenvalue weighted by molar-refractivity contribution is 5.69. The summed E-state index contributed by atoms with van der Waals surface area (Å²) in [5.74, 6) is 0.607. The minimum atomic E-state index is 0.607. The quantitative estimate of drug-likeness (QED) is 0.621. The van der Waals surface area contributed by atoms with Gasteiger partial charge in [-0.05, 0) is 41.5 Å². The summed E-state index contributed by atoms with van der Waals surface area (Å²) in [5, 5.41) is 0. The van der Waals surface area contributed by atoms with Crippen molar-refractivity contribution in [2.75, 3.05) is 0 Å². The first-order valence-corrected chi connectivity index (χ1v) is 5.66. The first-order valence-electron chi connectivity index (χ1n) is 5.66. The van der Waals surface area contributed by atoms with Crippen LogP contribution >= 0.6 is 0 Å². The Bertz CT molecular complexity index is 420. The molecule has 0 saturated heterocycles. The molecule has 0 atom stereocenters. The molecule has 0 aromatic heterocycles. The molecule has 1 aromatic rings. The monoisotopic (exact) mass is 198 g/mol.